The molecule has 6 aromatic heterocycles. The normalized spacial score (nSPS) is 11.6. The third-order valence-electron chi connectivity index (χ3n) is 12.2. The van der Waals surface area contributed by atoms with Gasteiger partial charge in [-0.3, -0.25) is 0 Å². The van der Waals surface area contributed by atoms with E-state index < -0.39 is 0 Å². The number of fused-ring (bicyclic) bond motifs is 9. The van der Waals surface area contributed by atoms with Crippen molar-refractivity contribution >= 4 is 65.4 Å². The molecule has 0 aliphatic carbocycles. The molecule has 0 aliphatic rings. The number of benzene rings is 6. The van der Waals surface area contributed by atoms with Gasteiger partial charge in [0.2, 0.25) is 5.95 Å². The fourth-order valence-electron chi connectivity index (χ4n) is 8.96. The van der Waals surface area contributed by atoms with Gasteiger partial charge in [-0.2, -0.15) is 35.0 Å². The van der Waals surface area contributed by atoms with E-state index in [0.29, 0.717) is 40.8 Å². The van der Waals surface area contributed by atoms with Crippen molar-refractivity contribution < 1.29 is 51.6 Å². The zero-order chi connectivity index (χ0) is 43.8. The predicted molar refractivity (Wildman–Crippen MR) is 257 cm³/mol. The molecule has 67 heavy (non-hydrogen) atoms. The largest absolute Gasteiger partial charge is 2.00 e. The molecule has 0 N–H and O–H groups in total. The summed E-state index contributed by atoms with van der Waals surface area (Å²) in [4.78, 5) is 19.0. The summed E-state index contributed by atoms with van der Waals surface area (Å²) < 4.78 is 19.5. The van der Waals surface area contributed by atoms with Crippen molar-refractivity contribution in [2.75, 3.05) is 0 Å². The Morgan fingerprint density at radius 3 is 1.16 bits per heavy atom. The minimum Gasteiger partial charge on any atom is -0.509 e. The first-order valence-corrected chi connectivity index (χ1v) is 21.8. The molecule has 6 heterocycles. The number of hydrogen-bond donors (Lipinski definition) is 0. The van der Waals surface area contributed by atoms with Crippen LogP contribution in [0.15, 0.2) is 152 Å². The smallest absolute Gasteiger partial charge is 0.509 e. The molecule has 0 bridgehead atoms. The fraction of sp³-hybridized carbons (Fsp3) is 0.107. The molecular formula is C56H39N7O2Pt2. The van der Waals surface area contributed by atoms with Gasteiger partial charge >= 0.3 is 42.1 Å². The first kappa shape index (κ1) is 43.9. The van der Waals surface area contributed by atoms with Crippen molar-refractivity contribution in [3.05, 3.63) is 188 Å². The van der Waals surface area contributed by atoms with Crippen molar-refractivity contribution in [1.29, 1.82) is 0 Å². The van der Waals surface area contributed by atoms with Crippen molar-refractivity contribution in [3.8, 4) is 40.6 Å². The van der Waals surface area contributed by atoms with E-state index in [4.69, 9.17) is 19.4 Å². The number of hydrogen-bond acceptors (Lipinski definition) is 6. The first-order chi connectivity index (χ1) is 31.9. The Bertz CT molecular complexity index is 3590. The molecule has 0 spiro atoms. The predicted octanol–water partition coefficient (Wildman–Crippen LogP) is 13.6. The zero-order valence-electron chi connectivity index (χ0n) is 36.7. The summed E-state index contributed by atoms with van der Waals surface area (Å²) >= 11 is 0. The van der Waals surface area contributed by atoms with Crippen LogP contribution in [0.2, 0.25) is 0 Å². The van der Waals surface area contributed by atoms with Crippen molar-refractivity contribution in [1.82, 2.24) is 33.6 Å². The topological polar surface area (TPSA) is 84.8 Å². The molecule has 6 aromatic carbocycles. The second-order valence-electron chi connectivity index (χ2n) is 16.8. The summed E-state index contributed by atoms with van der Waals surface area (Å²) in [5.74, 6) is 4.98. The fourth-order valence-corrected chi connectivity index (χ4v) is 8.96. The molecule has 12 aromatic rings. The number of para-hydroxylation sites is 2. The van der Waals surface area contributed by atoms with E-state index in [1.165, 1.54) is 11.1 Å². The van der Waals surface area contributed by atoms with E-state index in [-0.39, 0.29) is 42.1 Å². The number of pyridine rings is 2. The van der Waals surface area contributed by atoms with Gasteiger partial charge in [0, 0.05) is 58.8 Å². The third kappa shape index (κ3) is 7.61. The van der Waals surface area contributed by atoms with Crippen LogP contribution in [0, 0.1) is 24.3 Å². The average molecular weight is 1230 g/mol. The Morgan fingerprint density at radius 1 is 0.388 bits per heavy atom. The number of aromatic nitrogens is 7. The standard InChI is InChI=1S/C56H39N7O2.2Pt/c1-34(2)36-22-26-57-54(28-36)61-48-12-7-5-10-42(48)44-18-14-38(30-50(44)61)64-40-16-20-46-47-21-17-41(33-53(47)63(52(46)32-40)56-59-24-9-25-60-56)65-39-15-19-45-43-11-6-8-13-49(43)62(51(45)31-39)55-29-37(35(3)4)23-27-58-55;;/h5-29,34-35H,1-4H3;;/q-4;2*+2. The van der Waals surface area contributed by atoms with Crippen LogP contribution < -0.4 is 9.47 Å². The Balaban J connectivity index is 0.00000263. The summed E-state index contributed by atoms with van der Waals surface area (Å²) in [6.07, 6.45) is 7.21. The molecule has 0 aliphatic heterocycles. The minimum absolute atomic E-state index is 0. The zero-order valence-corrected chi connectivity index (χ0v) is 41.2. The van der Waals surface area contributed by atoms with E-state index in [1.54, 1.807) is 18.5 Å². The van der Waals surface area contributed by atoms with E-state index in [9.17, 15) is 0 Å². The van der Waals surface area contributed by atoms with Crippen LogP contribution in [-0.4, -0.2) is 33.6 Å². The van der Waals surface area contributed by atoms with Crippen LogP contribution in [-0.2, 0) is 42.1 Å². The number of nitrogens with zero attached hydrogens (tertiary/aromatic N) is 7. The maximum absolute atomic E-state index is 6.61. The molecule has 0 fully saturated rings. The summed E-state index contributed by atoms with van der Waals surface area (Å²) in [5, 5.41) is 6.24. The van der Waals surface area contributed by atoms with Gasteiger partial charge in [0.15, 0.2) is 0 Å². The van der Waals surface area contributed by atoms with Gasteiger partial charge in [0.25, 0.3) is 0 Å². The first-order valence-electron chi connectivity index (χ1n) is 21.8. The van der Waals surface area contributed by atoms with Crippen LogP contribution in [0.4, 0.5) is 0 Å². The molecule has 0 saturated carbocycles. The van der Waals surface area contributed by atoms with E-state index in [2.05, 4.69) is 156 Å². The SMILES string of the molecule is CC(C)c1ccnc(-n2c3[c-]c(Oc4[c-]c5c(cc4)c4ccc(Oc6[c-]c7c(cc6)c6ccccc6n7-c6cc(C(C)C)ccn6)[c-]c4n5-c4ncccn4)ccc3c3ccccc32)c1.[Pt+2].[Pt+2]. The molecule has 330 valence electrons. The summed E-state index contributed by atoms with van der Waals surface area (Å²) in [5.41, 5.74) is 7.75. The van der Waals surface area contributed by atoms with Crippen molar-refractivity contribution in [2.24, 2.45) is 0 Å². The molecule has 9 nitrogen and oxygen atoms in total. The summed E-state index contributed by atoms with van der Waals surface area (Å²) in [7, 11) is 0. The second-order valence-corrected chi connectivity index (χ2v) is 16.8. The molecular weight excluding hydrogens is 1190 g/mol. The molecule has 0 atom stereocenters. The minimum atomic E-state index is 0. The maximum atomic E-state index is 6.61. The maximum Gasteiger partial charge on any atom is 2.00 e. The second kappa shape index (κ2) is 17.7. The van der Waals surface area contributed by atoms with Crippen LogP contribution in [0.3, 0.4) is 0 Å². The average Bonchev–Trinajstić information content (AvgIpc) is 3.96. The Labute approximate surface area is 415 Å². The van der Waals surface area contributed by atoms with Crippen molar-refractivity contribution in [2.45, 2.75) is 39.5 Å². The quantitative estimate of drug-likeness (QED) is 0.134. The van der Waals surface area contributed by atoms with Crippen LogP contribution in [0.25, 0.3) is 83.0 Å². The molecule has 0 unspecified atom stereocenters. The molecule has 12 rings (SSSR count). The Hall–Kier alpha value is -6.92. The number of rotatable bonds is 9. The molecule has 0 saturated heterocycles. The summed E-state index contributed by atoms with van der Waals surface area (Å²) in [6, 6.07) is 57.3. The summed E-state index contributed by atoms with van der Waals surface area (Å²) in [6.45, 7) is 8.77. The van der Waals surface area contributed by atoms with Gasteiger partial charge in [-0.1, -0.05) is 86.2 Å². The Kier molecular flexibility index (Phi) is 11.6. The van der Waals surface area contributed by atoms with Crippen molar-refractivity contribution in [3.63, 3.8) is 0 Å². The van der Waals surface area contributed by atoms with Gasteiger partial charge in [-0.05, 0) is 76.2 Å². The Morgan fingerprint density at radius 2 is 0.761 bits per heavy atom. The van der Waals surface area contributed by atoms with Crippen LogP contribution in [0.1, 0.15) is 50.7 Å². The van der Waals surface area contributed by atoms with Gasteiger partial charge in [0.1, 0.15) is 11.6 Å². The van der Waals surface area contributed by atoms with E-state index >= 15 is 0 Å². The van der Waals surface area contributed by atoms with E-state index in [0.717, 1.165) is 77.1 Å². The molecule has 0 radical (unpaired) electrons. The van der Waals surface area contributed by atoms with Gasteiger partial charge in [-0.15, -0.1) is 59.3 Å². The van der Waals surface area contributed by atoms with Gasteiger partial charge < -0.3 is 23.2 Å². The number of ether oxygens (including phenoxy) is 2. The van der Waals surface area contributed by atoms with Crippen LogP contribution >= 0.6 is 0 Å². The van der Waals surface area contributed by atoms with E-state index in [1.807, 2.05) is 53.4 Å². The molecule has 0 amide bonds. The van der Waals surface area contributed by atoms with Gasteiger partial charge in [-0.25, -0.2) is 19.9 Å². The van der Waals surface area contributed by atoms with Crippen LogP contribution in [0.5, 0.6) is 23.0 Å². The third-order valence-corrected chi connectivity index (χ3v) is 12.2. The monoisotopic (exact) mass is 1230 g/mol. The molecule has 11 heteroatoms. The van der Waals surface area contributed by atoms with Gasteiger partial charge in [0.05, 0.1) is 0 Å².